The summed E-state index contributed by atoms with van der Waals surface area (Å²) >= 11 is 0. The number of amides is 3. The minimum atomic E-state index is -0.451. The van der Waals surface area contributed by atoms with Gasteiger partial charge in [-0.15, -0.1) is 0 Å². The highest BCUT2D eigenvalue weighted by molar-refractivity contribution is 6.21. The van der Waals surface area contributed by atoms with Gasteiger partial charge in [-0.05, 0) is 25.0 Å². The molecule has 1 saturated heterocycles. The molecule has 1 aromatic carbocycles. The van der Waals surface area contributed by atoms with Crippen molar-refractivity contribution >= 4 is 17.6 Å². The molecule has 1 unspecified atom stereocenters. The van der Waals surface area contributed by atoms with Gasteiger partial charge in [0.25, 0.3) is 5.91 Å². The summed E-state index contributed by atoms with van der Waals surface area (Å²) in [6.45, 7) is 4.65. The Morgan fingerprint density at radius 3 is 2.71 bits per heavy atom. The zero-order valence-electron chi connectivity index (χ0n) is 15.6. The van der Waals surface area contributed by atoms with E-state index in [4.69, 9.17) is 4.52 Å². The van der Waals surface area contributed by atoms with E-state index in [9.17, 15) is 9.59 Å². The van der Waals surface area contributed by atoms with E-state index in [-0.39, 0.29) is 11.9 Å². The summed E-state index contributed by atoms with van der Waals surface area (Å²) in [6.07, 6.45) is 3.82. The van der Waals surface area contributed by atoms with Crippen LogP contribution in [0.5, 0.6) is 0 Å². The van der Waals surface area contributed by atoms with Gasteiger partial charge in [0.15, 0.2) is 0 Å². The summed E-state index contributed by atoms with van der Waals surface area (Å²) in [5.41, 5.74) is 4.45. The number of hydrogen-bond donors (Lipinski definition) is 0. The molecule has 0 saturated carbocycles. The van der Waals surface area contributed by atoms with Crippen LogP contribution in [0, 0.1) is 13.8 Å². The number of benzene rings is 1. The predicted molar refractivity (Wildman–Crippen MR) is 99.7 cm³/mol. The van der Waals surface area contributed by atoms with Crippen molar-refractivity contribution in [1.82, 2.24) is 19.8 Å². The molecule has 0 spiro atoms. The number of fused-ring (bicyclic) bond motifs is 2. The Bertz CT molecular complexity index is 1040. The van der Waals surface area contributed by atoms with Crippen molar-refractivity contribution in [2.75, 3.05) is 4.90 Å². The Morgan fingerprint density at radius 1 is 1.18 bits per heavy atom. The number of anilines is 1. The van der Waals surface area contributed by atoms with Crippen LogP contribution in [-0.2, 0) is 24.3 Å². The van der Waals surface area contributed by atoms with Gasteiger partial charge in [0.1, 0.15) is 11.8 Å². The Kier molecular flexibility index (Phi) is 3.61. The number of imide groups is 1. The van der Waals surface area contributed by atoms with E-state index in [1.807, 2.05) is 38.1 Å². The Balaban J connectivity index is 1.42. The van der Waals surface area contributed by atoms with E-state index < -0.39 is 6.04 Å². The average molecular weight is 377 g/mol. The fourth-order valence-corrected chi connectivity index (χ4v) is 4.00. The van der Waals surface area contributed by atoms with Crippen molar-refractivity contribution in [3.05, 3.63) is 64.8 Å². The first kappa shape index (κ1) is 16.7. The second kappa shape index (κ2) is 6.05. The molecule has 1 atom stereocenters. The van der Waals surface area contributed by atoms with E-state index >= 15 is 0 Å². The van der Waals surface area contributed by atoms with Gasteiger partial charge >= 0.3 is 6.03 Å². The zero-order chi connectivity index (χ0) is 19.4. The van der Waals surface area contributed by atoms with Crippen LogP contribution in [0.2, 0.25) is 0 Å². The summed E-state index contributed by atoms with van der Waals surface area (Å²) in [6, 6.07) is 7.21. The molecule has 8 nitrogen and oxygen atoms in total. The van der Waals surface area contributed by atoms with Crippen LogP contribution in [0.1, 0.15) is 28.1 Å². The fourth-order valence-electron chi connectivity index (χ4n) is 4.00. The van der Waals surface area contributed by atoms with E-state index in [0.717, 1.165) is 28.1 Å². The van der Waals surface area contributed by atoms with Crippen molar-refractivity contribution < 1.29 is 14.1 Å². The molecular formula is C20H19N5O3. The SMILES string of the molecule is Cc1noc(C)c1Cn1cc(N2C(=O)C3Cc4ccccc4CN3C2=O)cn1. The molecule has 3 aromatic rings. The van der Waals surface area contributed by atoms with Crippen LogP contribution in [-0.4, -0.2) is 37.8 Å². The number of hydrogen-bond acceptors (Lipinski definition) is 5. The monoisotopic (exact) mass is 377 g/mol. The van der Waals surface area contributed by atoms with E-state index in [2.05, 4.69) is 10.3 Å². The van der Waals surface area contributed by atoms with Crippen LogP contribution >= 0.6 is 0 Å². The molecule has 8 heteroatoms. The molecule has 142 valence electrons. The Hall–Kier alpha value is -3.42. The van der Waals surface area contributed by atoms with Crippen molar-refractivity contribution in [2.24, 2.45) is 0 Å². The average Bonchev–Trinajstić information content (AvgIpc) is 3.34. The number of aryl methyl sites for hydroxylation is 2. The first-order valence-corrected chi connectivity index (χ1v) is 9.18. The number of carbonyl (C=O) groups is 2. The molecule has 2 aliphatic rings. The van der Waals surface area contributed by atoms with Gasteiger partial charge in [-0.1, -0.05) is 29.4 Å². The van der Waals surface area contributed by atoms with Crippen molar-refractivity contribution in [3.63, 3.8) is 0 Å². The first-order valence-electron chi connectivity index (χ1n) is 9.18. The molecule has 5 rings (SSSR count). The quantitative estimate of drug-likeness (QED) is 0.655. The third kappa shape index (κ3) is 2.45. The molecule has 1 fully saturated rings. The number of rotatable bonds is 3. The lowest BCUT2D eigenvalue weighted by Gasteiger charge is -2.28. The minimum Gasteiger partial charge on any atom is -0.361 e. The molecule has 0 aliphatic carbocycles. The van der Waals surface area contributed by atoms with Gasteiger partial charge in [-0.3, -0.25) is 9.48 Å². The summed E-state index contributed by atoms with van der Waals surface area (Å²) in [7, 11) is 0. The van der Waals surface area contributed by atoms with Gasteiger partial charge in [-0.25, -0.2) is 9.69 Å². The molecule has 0 N–H and O–H groups in total. The van der Waals surface area contributed by atoms with Gasteiger partial charge in [0.2, 0.25) is 0 Å². The Labute approximate surface area is 161 Å². The molecule has 3 amide bonds. The predicted octanol–water partition coefficient (Wildman–Crippen LogP) is 2.43. The minimum absolute atomic E-state index is 0.198. The molecule has 0 radical (unpaired) electrons. The molecule has 2 aliphatic heterocycles. The number of carbonyl (C=O) groups excluding carboxylic acids is 2. The third-order valence-corrected chi connectivity index (χ3v) is 5.57. The maximum Gasteiger partial charge on any atom is 0.332 e. The largest absolute Gasteiger partial charge is 0.361 e. The number of urea groups is 1. The summed E-state index contributed by atoms with van der Waals surface area (Å²) in [4.78, 5) is 28.9. The summed E-state index contributed by atoms with van der Waals surface area (Å²) in [5.74, 6) is 0.536. The van der Waals surface area contributed by atoms with Crippen molar-refractivity contribution in [2.45, 2.75) is 39.4 Å². The maximum atomic E-state index is 13.0. The lowest BCUT2D eigenvalue weighted by Crippen LogP contribution is -2.39. The maximum absolute atomic E-state index is 13.0. The number of nitrogens with zero attached hydrogens (tertiary/aromatic N) is 5. The van der Waals surface area contributed by atoms with Crippen LogP contribution in [0.4, 0.5) is 10.5 Å². The summed E-state index contributed by atoms with van der Waals surface area (Å²) in [5, 5.41) is 8.27. The summed E-state index contributed by atoms with van der Waals surface area (Å²) < 4.78 is 6.88. The van der Waals surface area contributed by atoms with E-state index in [1.165, 1.54) is 4.90 Å². The van der Waals surface area contributed by atoms with Crippen LogP contribution < -0.4 is 4.90 Å². The topological polar surface area (TPSA) is 84.5 Å². The molecule has 2 aromatic heterocycles. The lowest BCUT2D eigenvalue weighted by molar-refractivity contribution is -0.120. The molecule has 4 heterocycles. The van der Waals surface area contributed by atoms with E-state index in [1.54, 1.807) is 22.0 Å². The molecule has 0 bridgehead atoms. The lowest BCUT2D eigenvalue weighted by atomic mass is 9.95. The highest BCUT2D eigenvalue weighted by atomic mass is 16.5. The van der Waals surface area contributed by atoms with Crippen LogP contribution in [0.15, 0.2) is 41.2 Å². The fraction of sp³-hybridized carbons (Fsp3) is 0.300. The van der Waals surface area contributed by atoms with Crippen LogP contribution in [0.25, 0.3) is 0 Å². The first-order chi connectivity index (χ1) is 13.5. The van der Waals surface area contributed by atoms with Crippen LogP contribution in [0.3, 0.4) is 0 Å². The third-order valence-electron chi connectivity index (χ3n) is 5.57. The highest BCUT2D eigenvalue weighted by Gasteiger charge is 2.48. The van der Waals surface area contributed by atoms with Gasteiger partial charge < -0.3 is 9.42 Å². The highest BCUT2D eigenvalue weighted by Crippen LogP contribution is 2.32. The van der Waals surface area contributed by atoms with E-state index in [0.29, 0.717) is 25.2 Å². The van der Waals surface area contributed by atoms with Gasteiger partial charge in [0, 0.05) is 24.7 Å². The second-order valence-corrected chi connectivity index (χ2v) is 7.27. The Morgan fingerprint density at radius 2 is 1.96 bits per heavy atom. The normalized spacial score (nSPS) is 18.6. The molecule has 28 heavy (non-hydrogen) atoms. The zero-order valence-corrected chi connectivity index (χ0v) is 15.6. The van der Waals surface area contributed by atoms with Crippen molar-refractivity contribution in [3.8, 4) is 0 Å². The second-order valence-electron chi connectivity index (χ2n) is 7.27. The van der Waals surface area contributed by atoms with Gasteiger partial charge in [0.05, 0.1) is 24.1 Å². The van der Waals surface area contributed by atoms with Crippen molar-refractivity contribution in [1.29, 1.82) is 0 Å². The molecular weight excluding hydrogens is 358 g/mol. The smallest absolute Gasteiger partial charge is 0.332 e. The number of aromatic nitrogens is 3. The van der Waals surface area contributed by atoms with Gasteiger partial charge in [-0.2, -0.15) is 5.10 Å². The standard InChI is InChI=1S/C20H19N5O3/c1-12-17(13(2)28-22-12)11-23-10-16(8-21-23)25-19(26)18-7-14-5-3-4-6-15(14)9-24(18)20(25)27/h3-6,8,10,18H,7,9,11H2,1-2H3.